The summed E-state index contributed by atoms with van der Waals surface area (Å²) in [7, 11) is 0. The van der Waals surface area contributed by atoms with E-state index in [1.54, 1.807) is 12.1 Å². The van der Waals surface area contributed by atoms with Gasteiger partial charge in [-0.3, -0.25) is 4.68 Å². The van der Waals surface area contributed by atoms with Crippen molar-refractivity contribution in [2.24, 2.45) is 5.73 Å². The number of urea groups is 1. The van der Waals surface area contributed by atoms with E-state index in [4.69, 9.17) is 10.5 Å². The van der Waals surface area contributed by atoms with E-state index in [0.717, 1.165) is 17.0 Å². The van der Waals surface area contributed by atoms with Crippen molar-refractivity contribution in [3.63, 3.8) is 0 Å². The van der Waals surface area contributed by atoms with Crippen molar-refractivity contribution in [2.45, 2.75) is 26.8 Å². The summed E-state index contributed by atoms with van der Waals surface area (Å²) in [6.45, 7) is 5.15. The van der Waals surface area contributed by atoms with Gasteiger partial charge in [0.15, 0.2) is 0 Å². The number of primary amides is 1. The molecule has 0 aliphatic heterocycles. The van der Waals surface area contributed by atoms with Crippen molar-refractivity contribution >= 4 is 12.0 Å². The molecule has 0 bridgehead atoms. The summed E-state index contributed by atoms with van der Waals surface area (Å²) in [5.74, 6) is -0.385. The van der Waals surface area contributed by atoms with Gasteiger partial charge < -0.3 is 15.8 Å². The maximum atomic E-state index is 12.1. The highest BCUT2D eigenvalue weighted by atomic mass is 16.5. The molecule has 7 heteroatoms. The Labute approximate surface area is 140 Å². The van der Waals surface area contributed by atoms with E-state index in [1.165, 1.54) is 0 Å². The van der Waals surface area contributed by atoms with Crippen LogP contribution in [0.5, 0.6) is 0 Å². The van der Waals surface area contributed by atoms with Crippen LogP contribution in [-0.2, 0) is 11.3 Å². The van der Waals surface area contributed by atoms with Gasteiger partial charge in [0, 0.05) is 12.2 Å². The summed E-state index contributed by atoms with van der Waals surface area (Å²) < 4.78 is 7.09. The van der Waals surface area contributed by atoms with E-state index in [1.807, 2.05) is 36.7 Å². The van der Waals surface area contributed by atoms with Crippen molar-refractivity contribution in [3.8, 4) is 0 Å². The maximum Gasteiger partial charge on any atom is 0.338 e. The lowest BCUT2D eigenvalue weighted by molar-refractivity contribution is 0.0501. The Balaban J connectivity index is 1.90. The molecule has 0 unspecified atom stereocenters. The Bertz CT molecular complexity index is 724. The van der Waals surface area contributed by atoms with Crippen LogP contribution < -0.4 is 11.1 Å². The summed E-state index contributed by atoms with van der Waals surface area (Å²) in [6, 6.07) is 8.72. The number of amides is 2. The van der Waals surface area contributed by atoms with Crippen molar-refractivity contribution in [3.05, 3.63) is 52.8 Å². The second kappa shape index (κ2) is 8.14. The Hall–Kier alpha value is -2.83. The lowest BCUT2D eigenvalue weighted by Crippen LogP contribution is -2.30. The summed E-state index contributed by atoms with van der Waals surface area (Å²) in [5.41, 5.74) is 8.46. The Morgan fingerprint density at radius 3 is 2.75 bits per heavy atom. The second-order valence-electron chi connectivity index (χ2n) is 5.57. The van der Waals surface area contributed by atoms with Crippen molar-refractivity contribution < 1.29 is 14.3 Å². The molecule has 3 N–H and O–H groups in total. The third-order valence-electron chi connectivity index (χ3n) is 3.45. The molecule has 1 aromatic carbocycles. The van der Waals surface area contributed by atoms with Crippen LogP contribution in [0.4, 0.5) is 4.79 Å². The highest BCUT2D eigenvalue weighted by Gasteiger charge is 2.09. The van der Waals surface area contributed by atoms with Crippen LogP contribution in [0.3, 0.4) is 0 Å². The van der Waals surface area contributed by atoms with Crippen LogP contribution in [0.15, 0.2) is 30.3 Å². The molecule has 1 aromatic heterocycles. The van der Waals surface area contributed by atoms with Crippen LogP contribution in [-0.4, -0.2) is 34.9 Å². The third-order valence-corrected chi connectivity index (χ3v) is 3.45. The van der Waals surface area contributed by atoms with Crippen molar-refractivity contribution in [2.75, 3.05) is 13.2 Å². The molecule has 1 heterocycles. The number of nitrogens with zero attached hydrogens (tertiary/aromatic N) is 2. The highest BCUT2D eigenvalue weighted by Crippen LogP contribution is 2.11. The van der Waals surface area contributed by atoms with Gasteiger partial charge >= 0.3 is 12.0 Å². The fraction of sp³-hybridized carbons (Fsp3) is 0.353. The van der Waals surface area contributed by atoms with Crippen LogP contribution >= 0.6 is 0 Å². The first kappa shape index (κ1) is 17.5. The van der Waals surface area contributed by atoms with E-state index < -0.39 is 6.03 Å². The average Bonchev–Trinajstić information content (AvgIpc) is 2.84. The van der Waals surface area contributed by atoms with E-state index >= 15 is 0 Å². The minimum atomic E-state index is -0.585. The zero-order chi connectivity index (χ0) is 17.5. The number of hydrogen-bond acceptors (Lipinski definition) is 4. The lowest BCUT2D eigenvalue weighted by Gasteiger charge is -2.08. The molecule has 128 valence electrons. The fourth-order valence-electron chi connectivity index (χ4n) is 2.34. The summed E-state index contributed by atoms with van der Waals surface area (Å²) in [5, 5.41) is 6.86. The smallest absolute Gasteiger partial charge is 0.338 e. The molecular weight excluding hydrogens is 308 g/mol. The number of hydrogen-bond donors (Lipinski definition) is 2. The Morgan fingerprint density at radius 2 is 2.08 bits per heavy atom. The first-order chi connectivity index (χ1) is 11.5. The van der Waals surface area contributed by atoms with Crippen LogP contribution in [0.1, 0.15) is 33.7 Å². The lowest BCUT2D eigenvalue weighted by atomic mass is 10.1. The fourth-order valence-corrected chi connectivity index (χ4v) is 2.34. The Kier molecular flexibility index (Phi) is 5.95. The molecule has 0 aliphatic rings. The number of ether oxygens (including phenoxy) is 1. The van der Waals surface area contributed by atoms with E-state index in [0.29, 0.717) is 25.1 Å². The second-order valence-corrected chi connectivity index (χ2v) is 5.57. The number of carbonyl (C=O) groups excluding carboxylic acids is 2. The maximum absolute atomic E-state index is 12.1. The molecule has 2 amide bonds. The average molecular weight is 330 g/mol. The Morgan fingerprint density at radius 1 is 1.29 bits per heavy atom. The molecule has 0 atom stereocenters. The van der Waals surface area contributed by atoms with E-state index in [-0.39, 0.29) is 12.6 Å². The molecular formula is C17H22N4O3. The van der Waals surface area contributed by atoms with Gasteiger partial charge in [-0.2, -0.15) is 5.10 Å². The zero-order valence-corrected chi connectivity index (χ0v) is 13.9. The van der Waals surface area contributed by atoms with Gasteiger partial charge in [0.2, 0.25) is 0 Å². The molecule has 0 fully saturated rings. The quantitative estimate of drug-likeness (QED) is 0.597. The normalized spacial score (nSPS) is 10.4. The van der Waals surface area contributed by atoms with Gasteiger partial charge in [0.1, 0.15) is 0 Å². The van der Waals surface area contributed by atoms with Gasteiger partial charge in [-0.25, -0.2) is 9.59 Å². The number of carbonyl (C=O) groups is 2. The standard InChI is InChI=1S/C17H22N4O3/c1-12-9-13(2)21(20-12)11-14-5-3-6-15(10-14)16(22)24-8-4-7-19-17(18)23/h3,5-6,9-10H,4,7-8,11H2,1-2H3,(H3,18,19,23). The first-order valence-corrected chi connectivity index (χ1v) is 7.76. The van der Waals surface area contributed by atoms with Crippen LogP contribution in [0, 0.1) is 13.8 Å². The summed E-state index contributed by atoms with van der Waals surface area (Å²) >= 11 is 0. The van der Waals surface area contributed by atoms with E-state index in [2.05, 4.69) is 10.4 Å². The topological polar surface area (TPSA) is 99.2 Å². The molecule has 0 aliphatic carbocycles. The number of benzene rings is 1. The molecule has 2 aromatic rings. The van der Waals surface area contributed by atoms with Gasteiger partial charge in [-0.05, 0) is 44.0 Å². The predicted octanol–water partition coefficient (Wildman–Crippen LogP) is 1.76. The molecule has 24 heavy (non-hydrogen) atoms. The van der Waals surface area contributed by atoms with Crippen LogP contribution in [0.25, 0.3) is 0 Å². The van der Waals surface area contributed by atoms with Crippen molar-refractivity contribution in [1.82, 2.24) is 15.1 Å². The number of nitrogens with one attached hydrogen (secondary N) is 1. The minimum absolute atomic E-state index is 0.223. The zero-order valence-electron chi connectivity index (χ0n) is 13.9. The van der Waals surface area contributed by atoms with Gasteiger partial charge in [0.25, 0.3) is 0 Å². The van der Waals surface area contributed by atoms with Crippen molar-refractivity contribution in [1.29, 1.82) is 0 Å². The van der Waals surface area contributed by atoms with Crippen LogP contribution in [0.2, 0.25) is 0 Å². The minimum Gasteiger partial charge on any atom is -0.462 e. The largest absolute Gasteiger partial charge is 0.462 e. The number of rotatable bonds is 7. The SMILES string of the molecule is Cc1cc(C)n(Cc2cccc(C(=O)OCCCNC(N)=O)c2)n1. The number of esters is 1. The molecule has 2 rings (SSSR count). The molecule has 0 spiro atoms. The van der Waals surface area contributed by atoms with Gasteiger partial charge in [-0.1, -0.05) is 12.1 Å². The summed E-state index contributed by atoms with van der Waals surface area (Å²) in [6.07, 6.45) is 0.514. The third kappa shape index (κ3) is 5.12. The van der Waals surface area contributed by atoms with E-state index in [9.17, 15) is 9.59 Å². The number of nitrogens with two attached hydrogens (primary N) is 1. The number of aromatic nitrogens is 2. The monoisotopic (exact) mass is 330 g/mol. The summed E-state index contributed by atoms with van der Waals surface area (Å²) in [4.78, 5) is 22.6. The molecule has 0 radical (unpaired) electrons. The first-order valence-electron chi connectivity index (χ1n) is 7.76. The molecule has 7 nitrogen and oxygen atoms in total. The highest BCUT2D eigenvalue weighted by molar-refractivity contribution is 5.89. The predicted molar refractivity (Wildman–Crippen MR) is 89.7 cm³/mol. The van der Waals surface area contributed by atoms with Gasteiger partial charge in [0.05, 0.1) is 24.4 Å². The number of aryl methyl sites for hydroxylation is 2. The molecule has 0 saturated carbocycles. The molecule has 0 saturated heterocycles. The van der Waals surface area contributed by atoms with Gasteiger partial charge in [-0.15, -0.1) is 0 Å².